The van der Waals surface area contributed by atoms with E-state index in [2.05, 4.69) is 27.6 Å². The fourth-order valence-electron chi connectivity index (χ4n) is 0. The Hall–Kier alpha value is 1.84. The molecule has 0 N–H and O–H groups in total. The van der Waals surface area contributed by atoms with Crippen LogP contribution in [0.25, 0.3) is 0 Å². The maximum atomic E-state index is 4.81. The van der Waals surface area contributed by atoms with Gasteiger partial charge in [-0.15, -0.1) is 0 Å². The molecule has 0 aromatic heterocycles. The Bertz CT molecular complexity index is 23.6. The monoisotopic (exact) mass is 235 g/mol. The van der Waals surface area contributed by atoms with E-state index in [0.717, 1.165) is 0 Å². The van der Waals surface area contributed by atoms with Gasteiger partial charge >= 0.3 is 0 Å². The van der Waals surface area contributed by atoms with Crippen molar-refractivity contribution in [2.75, 3.05) is 0 Å². The predicted octanol–water partition coefficient (Wildman–Crippen LogP) is 4.16. The van der Waals surface area contributed by atoms with Gasteiger partial charge in [0.1, 0.15) is 0 Å². The van der Waals surface area contributed by atoms with Crippen LogP contribution in [-0.4, -0.2) is 4.30 Å². The smallest absolute Gasteiger partial charge is 0.166 e. The summed E-state index contributed by atoms with van der Waals surface area (Å²) in [7, 11) is 0. The Kier molecular flexibility index (Phi) is 32.7. The highest BCUT2D eigenvalue weighted by Crippen LogP contribution is 2.03. The largest absolute Gasteiger partial charge is 0.180 e. The average Bonchev–Trinajstić information content (AvgIpc) is 1.33. The Morgan fingerprint density at radius 2 is 1.00 bits per heavy atom. The van der Waals surface area contributed by atoms with Gasteiger partial charge in [0.05, 0.1) is 23.7 Å². The van der Waals surface area contributed by atoms with Crippen molar-refractivity contribution in [1.29, 1.82) is 0 Å². The first-order valence-corrected chi connectivity index (χ1v) is 2.89. The second kappa shape index (κ2) is 15.9. The second-order valence-electron chi connectivity index (χ2n) is 0.306. The van der Waals surface area contributed by atoms with E-state index in [0.29, 0.717) is 0 Å². The third-order valence-corrected chi connectivity index (χ3v) is 0. The number of halogens is 5. The Morgan fingerprint density at radius 3 is 1.00 bits per heavy atom. The van der Waals surface area contributed by atoms with Crippen molar-refractivity contribution in [3.8, 4) is 0 Å². The van der Waals surface area contributed by atoms with E-state index >= 15 is 0 Å². The van der Waals surface area contributed by atoms with E-state index in [-0.39, 0.29) is 9.90 Å². The lowest BCUT2D eigenvalue weighted by Crippen LogP contribution is -1.55. The van der Waals surface area contributed by atoms with Gasteiger partial charge in [-0.25, -0.2) is 0 Å². The zero-order valence-electron chi connectivity index (χ0n) is 3.32. The van der Waals surface area contributed by atoms with Gasteiger partial charge in [-0.1, -0.05) is 34.8 Å². The highest BCUT2D eigenvalue weighted by molar-refractivity contribution is 6.92. The van der Waals surface area contributed by atoms with Crippen LogP contribution >= 0.6 is 68.4 Å². The van der Waals surface area contributed by atoms with Gasteiger partial charge in [0.25, 0.3) is 0 Å². The minimum atomic E-state index is -0.750. The van der Waals surface area contributed by atoms with Gasteiger partial charge in [0.2, 0.25) is 0 Å². The van der Waals surface area contributed by atoms with Crippen LogP contribution in [0.3, 0.4) is 0 Å². The summed E-state index contributed by atoms with van der Waals surface area (Å²) in [5, 5.41) is 0. The van der Waals surface area contributed by atoms with E-state index in [1.165, 1.54) is 0 Å². The number of rotatable bonds is 0. The fraction of sp³-hybridized carbons (Fsp3) is 1.00. The normalized spacial score (nSPS) is 6.75. The lowest BCUT2D eigenvalue weighted by atomic mass is 11.9. The van der Waals surface area contributed by atoms with Crippen LogP contribution in [0.15, 0.2) is 0 Å². The molecular formula is CHCl5OP. The highest BCUT2D eigenvalue weighted by Gasteiger charge is 1.78. The molecule has 1 nitrogen and oxygen atoms in total. The van der Waals surface area contributed by atoms with Gasteiger partial charge < -0.3 is 0 Å². The summed E-state index contributed by atoms with van der Waals surface area (Å²) < 4.78 is 2.44. The molecule has 0 spiro atoms. The molecule has 0 aliphatic rings. The standard InChI is InChI=1S/CHCl3.Cl2O.P/c2-1(3)4;1-3-2;/h1H;;. The van der Waals surface area contributed by atoms with E-state index < -0.39 is 4.30 Å². The molecule has 0 fully saturated rings. The van der Waals surface area contributed by atoms with E-state index in [1.807, 2.05) is 0 Å². The first-order chi connectivity index (χ1) is 3.15. The first kappa shape index (κ1) is 16.4. The molecule has 8 heavy (non-hydrogen) atoms. The first-order valence-electron chi connectivity index (χ1n) is 0.963. The quantitative estimate of drug-likeness (QED) is 0.454. The Morgan fingerprint density at radius 1 is 1.00 bits per heavy atom. The number of hydrogen-bond donors (Lipinski definition) is 0. The van der Waals surface area contributed by atoms with Crippen molar-refractivity contribution < 1.29 is 3.84 Å². The van der Waals surface area contributed by atoms with E-state index in [4.69, 9.17) is 34.8 Å². The molecular weight excluding hydrogens is 236 g/mol. The lowest BCUT2D eigenvalue weighted by molar-refractivity contribution is 0.697. The summed E-state index contributed by atoms with van der Waals surface area (Å²) in [4.78, 5) is 0. The Balaban J connectivity index is -0.0000000575. The zero-order valence-corrected chi connectivity index (χ0v) is 8.00. The minimum absolute atomic E-state index is 0. The third-order valence-electron chi connectivity index (χ3n) is 0. The van der Waals surface area contributed by atoms with Gasteiger partial charge in [-0.2, -0.15) is 3.84 Å². The van der Waals surface area contributed by atoms with Crippen LogP contribution in [0.1, 0.15) is 0 Å². The van der Waals surface area contributed by atoms with Gasteiger partial charge in [0, 0.05) is 9.90 Å². The van der Waals surface area contributed by atoms with Crippen molar-refractivity contribution >= 4 is 68.4 Å². The van der Waals surface area contributed by atoms with Gasteiger partial charge in [-0.3, -0.25) is 0 Å². The molecule has 51 valence electrons. The van der Waals surface area contributed by atoms with Crippen molar-refractivity contribution in [2.24, 2.45) is 0 Å². The summed E-state index contributed by atoms with van der Waals surface area (Å²) in [6, 6.07) is 0. The Labute approximate surface area is 76.5 Å². The lowest BCUT2D eigenvalue weighted by Gasteiger charge is -1.69. The summed E-state index contributed by atoms with van der Waals surface area (Å²) in [6.45, 7) is 0. The molecule has 0 aliphatic carbocycles. The van der Waals surface area contributed by atoms with Crippen molar-refractivity contribution in [3.05, 3.63) is 0 Å². The number of hydrogen-bond acceptors (Lipinski definition) is 1. The van der Waals surface area contributed by atoms with Crippen LogP contribution < -0.4 is 0 Å². The molecule has 0 heterocycles. The van der Waals surface area contributed by atoms with Crippen molar-refractivity contribution in [1.82, 2.24) is 0 Å². The summed E-state index contributed by atoms with van der Waals surface area (Å²) in [5.74, 6) is 0. The fourth-order valence-corrected chi connectivity index (χ4v) is 0. The maximum absolute atomic E-state index is 4.81. The van der Waals surface area contributed by atoms with Crippen LogP contribution in [0, 0.1) is 0 Å². The average molecular weight is 237 g/mol. The molecule has 0 aromatic carbocycles. The van der Waals surface area contributed by atoms with Crippen LogP contribution in [0.5, 0.6) is 0 Å². The molecule has 0 rings (SSSR count). The molecule has 0 unspecified atom stereocenters. The summed E-state index contributed by atoms with van der Waals surface area (Å²) in [5.41, 5.74) is 0. The highest BCUT2D eigenvalue weighted by atomic mass is 35.6. The topological polar surface area (TPSA) is 9.23 Å². The van der Waals surface area contributed by atoms with Gasteiger partial charge in [-0.05, 0) is 0 Å². The maximum Gasteiger partial charge on any atom is 0.180 e. The molecule has 3 radical (unpaired) electrons. The molecule has 0 amide bonds. The SMILES string of the molecule is ClC(Cl)Cl.ClOCl.[P]. The second-order valence-corrected chi connectivity index (χ2v) is 2.75. The summed E-state index contributed by atoms with van der Waals surface area (Å²) in [6.07, 6.45) is 0. The van der Waals surface area contributed by atoms with Crippen molar-refractivity contribution in [2.45, 2.75) is 4.30 Å². The third kappa shape index (κ3) is 108. The molecule has 0 aliphatic heterocycles. The van der Waals surface area contributed by atoms with Crippen LogP contribution in [0.4, 0.5) is 0 Å². The molecule has 0 atom stereocenters. The van der Waals surface area contributed by atoms with Crippen molar-refractivity contribution in [3.63, 3.8) is 0 Å². The molecule has 0 aromatic rings. The predicted molar refractivity (Wildman–Crippen MR) is 41.1 cm³/mol. The zero-order chi connectivity index (χ0) is 6.28. The molecule has 0 saturated carbocycles. The summed E-state index contributed by atoms with van der Waals surface area (Å²) >= 11 is 22.9. The molecule has 7 heteroatoms. The molecule has 0 bridgehead atoms. The number of alkyl halides is 3. The van der Waals surface area contributed by atoms with E-state index in [1.54, 1.807) is 0 Å². The van der Waals surface area contributed by atoms with E-state index in [9.17, 15) is 0 Å². The van der Waals surface area contributed by atoms with Crippen LogP contribution in [0.2, 0.25) is 0 Å². The van der Waals surface area contributed by atoms with Crippen LogP contribution in [-0.2, 0) is 3.84 Å². The molecule has 0 saturated heterocycles. The minimum Gasteiger partial charge on any atom is -0.166 e. The van der Waals surface area contributed by atoms with Gasteiger partial charge in [0.15, 0.2) is 4.30 Å².